The summed E-state index contributed by atoms with van der Waals surface area (Å²) < 4.78 is 0. The van der Waals surface area contributed by atoms with Gasteiger partial charge in [-0.25, -0.2) is 4.98 Å². The molecule has 0 aliphatic heterocycles. The molecule has 1 N–H and O–H groups in total. The van der Waals surface area contributed by atoms with Gasteiger partial charge >= 0.3 is 0 Å². The van der Waals surface area contributed by atoms with Crippen LogP contribution < -0.4 is 5.32 Å². The monoisotopic (exact) mass is 260 g/mol. The maximum absolute atomic E-state index is 4.73. The minimum atomic E-state index is 0.326. The van der Waals surface area contributed by atoms with E-state index in [4.69, 9.17) is 4.98 Å². The predicted octanol–water partition coefficient (Wildman–Crippen LogP) is 4.10. The molecule has 0 radical (unpaired) electrons. The Balaban J connectivity index is 2.26. The number of nitrogens with zero attached hydrogens (tertiary/aromatic N) is 1. The zero-order chi connectivity index (χ0) is 13.1. The summed E-state index contributed by atoms with van der Waals surface area (Å²) in [7, 11) is 0. The van der Waals surface area contributed by atoms with Crippen LogP contribution in [0.5, 0.6) is 0 Å². The molecule has 0 fully saturated rings. The lowest BCUT2D eigenvalue weighted by atomic mass is 10.1. The Labute approximate surface area is 113 Å². The Morgan fingerprint density at radius 3 is 2.72 bits per heavy atom. The molecule has 2 rings (SSSR count). The van der Waals surface area contributed by atoms with E-state index in [0.717, 1.165) is 17.2 Å². The minimum absolute atomic E-state index is 0.326. The third-order valence-electron chi connectivity index (χ3n) is 3.23. The second-order valence-corrected chi connectivity index (χ2v) is 5.51. The van der Waals surface area contributed by atoms with Crippen LogP contribution in [0.25, 0.3) is 10.6 Å². The standard InChI is InChI=1S/C15H20N2S/c1-5-16-12(4)14-9-18-15(17-14)13-7-6-10(2)11(3)8-13/h6-9,12,16H,5H2,1-4H3. The largest absolute Gasteiger partial charge is 0.309 e. The lowest BCUT2D eigenvalue weighted by Gasteiger charge is -2.08. The van der Waals surface area contributed by atoms with Crippen LogP contribution in [0, 0.1) is 13.8 Å². The Kier molecular flexibility index (Phi) is 4.15. The molecule has 2 nitrogen and oxygen atoms in total. The molecular formula is C15H20N2S. The second-order valence-electron chi connectivity index (χ2n) is 4.66. The van der Waals surface area contributed by atoms with Gasteiger partial charge in [-0.3, -0.25) is 0 Å². The van der Waals surface area contributed by atoms with E-state index in [1.54, 1.807) is 11.3 Å². The van der Waals surface area contributed by atoms with Crippen LogP contribution in [-0.2, 0) is 0 Å². The molecule has 0 aliphatic rings. The van der Waals surface area contributed by atoms with E-state index in [2.05, 4.69) is 56.6 Å². The lowest BCUT2D eigenvalue weighted by Crippen LogP contribution is -2.17. The first-order valence-corrected chi connectivity index (χ1v) is 7.26. The zero-order valence-corrected chi connectivity index (χ0v) is 12.3. The van der Waals surface area contributed by atoms with Gasteiger partial charge in [0.05, 0.1) is 5.69 Å². The number of thiazole rings is 1. The first-order valence-electron chi connectivity index (χ1n) is 6.38. The highest BCUT2D eigenvalue weighted by molar-refractivity contribution is 7.13. The van der Waals surface area contributed by atoms with Gasteiger partial charge < -0.3 is 5.32 Å². The van der Waals surface area contributed by atoms with Crippen molar-refractivity contribution in [3.63, 3.8) is 0 Å². The average molecular weight is 260 g/mol. The second kappa shape index (κ2) is 5.63. The van der Waals surface area contributed by atoms with Crippen molar-refractivity contribution in [3.8, 4) is 10.6 Å². The molecule has 1 aromatic carbocycles. The molecule has 1 heterocycles. The molecule has 3 heteroatoms. The number of hydrogen-bond donors (Lipinski definition) is 1. The first-order chi connectivity index (χ1) is 8.61. The fourth-order valence-corrected chi connectivity index (χ4v) is 2.81. The molecule has 1 unspecified atom stereocenters. The maximum atomic E-state index is 4.73. The van der Waals surface area contributed by atoms with E-state index in [1.807, 2.05) is 0 Å². The maximum Gasteiger partial charge on any atom is 0.123 e. The SMILES string of the molecule is CCNC(C)c1csc(-c2ccc(C)c(C)c2)n1. The Hall–Kier alpha value is -1.19. The third-order valence-corrected chi connectivity index (χ3v) is 4.14. The molecule has 0 aliphatic carbocycles. The van der Waals surface area contributed by atoms with Crippen molar-refractivity contribution in [2.75, 3.05) is 6.54 Å². The number of rotatable bonds is 4. The molecule has 1 aromatic heterocycles. The summed E-state index contributed by atoms with van der Waals surface area (Å²) in [6, 6.07) is 6.87. The van der Waals surface area contributed by atoms with E-state index in [0.29, 0.717) is 6.04 Å². The summed E-state index contributed by atoms with van der Waals surface area (Å²) in [5, 5.41) is 6.65. The van der Waals surface area contributed by atoms with Gasteiger partial charge in [0.25, 0.3) is 0 Å². The topological polar surface area (TPSA) is 24.9 Å². The molecule has 0 saturated heterocycles. The van der Waals surface area contributed by atoms with Crippen molar-refractivity contribution in [2.45, 2.75) is 33.7 Å². The summed E-state index contributed by atoms with van der Waals surface area (Å²) >= 11 is 1.72. The van der Waals surface area contributed by atoms with Crippen molar-refractivity contribution >= 4 is 11.3 Å². The normalized spacial score (nSPS) is 12.7. The zero-order valence-electron chi connectivity index (χ0n) is 11.4. The number of hydrogen-bond acceptors (Lipinski definition) is 3. The summed E-state index contributed by atoms with van der Waals surface area (Å²) in [5.74, 6) is 0. The molecule has 0 amide bonds. The quantitative estimate of drug-likeness (QED) is 0.895. The van der Waals surface area contributed by atoms with Crippen molar-refractivity contribution in [2.24, 2.45) is 0 Å². The number of aromatic nitrogens is 1. The van der Waals surface area contributed by atoms with Crippen LogP contribution in [0.1, 0.15) is 36.7 Å². The number of benzene rings is 1. The fraction of sp³-hybridized carbons (Fsp3) is 0.400. The molecule has 0 saturated carbocycles. The van der Waals surface area contributed by atoms with Crippen molar-refractivity contribution in [1.29, 1.82) is 0 Å². The van der Waals surface area contributed by atoms with Crippen LogP contribution in [0.4, 0.5) is 0 Å². The Morgan fingerprint density at radius 1 is 1.28 bits per heavy atom. The van der Waals surface area contributed by atoms with Crippen molar-refractivity contribution < 1.29 is 0 Å². The van der Waals surface area contributed by atoms with E-state index >= 15 is 0 Å². The highest BCUT2D eigenvalue weighted by Crippen LogP contribution is 2.27. The van der Waals surface area contributed by atoms with E-state index in [9.17, 15) is 0 Å². The van der Waals surface area contributed by atoms with Crippen LogP contribution in [0.15, 0.2) is 23.6 Å². The first kappa shape index (κ1) is 13.2. The van der Waals surface area contributed by atoms with Crippen molar-refractivity contribution in [1.82, 2.24) is 10.3 Å². The summed E-state index contributed by atoms with van der Waals surface area (Å²) in [6.07, 6.45) is 0. The molecule has 96 valence electrons. The molecule has 0 bridgehead atoms. The van der Waals surface area contributed by atoms with Gasteiger partial charge in [-0.1, -0.05) is 19.1 Å². The highest BCUT2D eigenvalue weighted by Gasteiger charge is 2.10. The van der Waals surface area contributed by atoms with Gasteiger partial charge in [-0.15, -0.1) is 11.3 Å². The number of nitrogens with one attached hydrogen (secondary N) is 1. The highest BCUT2D eigenvalue weighted by atomic mass is 32.1. The smallest absolute Gasteiger partial charge is 0.123 e. The van der Waals surface area contributed by atoms with Crippen LogP contribution in [0.3, 0.4) is 0 Å². The predicted molar refractivity (Wildman–Crippen MR) is 79.1 cm³/mol. The molecule has 2 aromatic rings. The van der Waals surface area contributed by atoms with Gasteiger partial charge in [0, 0.05) is 17.0 Å². The molecule has 1 atom stereocenters. The van der Waals surface area contributed by atoms with Gasteiger partial charge in [0.2, 0.25) is 0 Å². The van der Waals surface area contributed by atoms with E-state index in [-0.39, 0.29) is 0 Å². The molecule has 0 spiro atoms. The minimum Gasteiger partial charge on any atom is -0.309 e. The summed E-state index contributed by atoms with van der Waals surface area (Å²) in [6.45, 7) is 9.53. The third kappa shape index (κ3) is 2.79. The summed E-state index contributed by atoms with van der Waals surface area (Å²) in [5.41, 5.74) is 5.01. The van der Waals surface area contributed by atoms with Gasteiger partial charge in [0.15, 0.2) is 0 Å². The van der Waals surface area contributed by atoms with Gasteiger partial charge in [-0.05, 0) is 44.5 Å². The Bertz CT molecular complexity index is 531. The van der Waals surface area contributed by atoms with E-state index in [1.165, 1.54) is 16.7 Å². The molecular weight excluding hydrogens is 240 g/mol. The van der Waals surface area contributed by atoms with Crippen LogP contribution >= 0.6 is 11.3 Å². The number of aryl methyl sites for hydroxylation is 2. The summed E-state index contributed by atoms with van der Waals surface area (Å²) in [4.78, 5) is 4.73. The van der Waals surface area contributed by atoms with Crippen molar-refractivity contribution in [3.05, 3.63) is 40.4 Å². The Morgan fingerprint density at radius 2 is 2.06 bits per heavy atom. The van der Waals surface area contributed by atoms with Crippen LogP contribution in [0.2, 0.25) is 0 Å². The average Bonchev–Trinajstić information content (AvgIpc) is 2.82. The van der Waals surface area contributed by atoms with Crippen LogP contribution in [-0.4, -0.2) is 11.5 Å². The van der Waals surface area contributed by atoms with Gasteiger partial charge in [0.1, 0.15) is 5.01 Å². The van der Waals surface area contributed by atoms with Gasteiger partial charge in [-0.2, -0.15) is 0 Å². The molecule has 18 heavy (non-hydrogen) atoms. The van der Waals surface area contributed by atoms with E-state index < -0.39 is 0 Å². The lowest BCUT2D eigenvalue weighted by molar-refractivity contribution is 0.587. The fourth-order valence-electron chi connectivity index (χ4n) is 1.90.